The van der Waals surface area contributed by atoms with Crippen LogP contribution in [-0.2, 0) is 11.3 Å². The standard InChI is InChI=1S/C19H20Cl2N2O2/c1-3-12(2)18(24)23-17-6-4-5-13(7-17)11-22-19(25)14-8-15(20)10-16(21)9-14/h4-10,12H,3,11H2,1-2H3,(H,22,25)(H,23,24). The van der Waals surface area contributed by atoms with Gasteiger partial charge in [0, 0.05) is 33.8 Å². The van der Waals surface area contributed by atoms with Crippen LogP contribution >= 0.6 is 23.2 Å². The molecule has 1 unspecified atom stereocenters. The molecule has 2 rings (SSSR count). The third-order valence-corrected chi connectivity index (χ3v) is 4.27. The van der Waals surface area contributed by atoms with Crippen LogP contribution in [0.1, 0.15) is 36.2 Å². The first-order chi connectivity index (χ1) is 11.9. The lowest BCUT2D eigenvalue weighted by atomic mass is 10.1. The Morgan fingerprint density at radius 1 is 1.08 bits per heavy atom. The van der Waals surface area contributed by atoms with E-state index in [-0.39, 0.29) is 17.7 Å². The van der Waals surface area contributed by atoms with Gasteiger partial charge in [-0.25, -0.2) is 0 Å². The number of rotatable bonds is 6. The Kier molecular flexibility index (Phi) is 6.85. The van der Waals surface area contributed by atoms with Gasteiger partial charge in [0.1, 0.15) is 0 Å². The van der Waals surface area contributed by atoms with Crippen LogP contribution in [0.4, 0.5) is 5.69 Å². The first-order valence-corrected chi connectivity index (χ1v) is 8.78. The van der Waals surface area contributed by atoms with Crippen LogP contribution < -0.4 is 10.6 Å². The van der Waals surface area contributed by atoms with Crippen molar-refractivity contribution in [1.29, 1.82) is 0 Å². The average Bonchev–Trinajstić information content (AvgIpc) is 2.58. The predicted molar refractivity (Wildman–Crippen MR) is 102 cm³/mol. The first-order valence-electron chi connectivity index (χ1n) is 8.03. The lowest BCUT2D eigenvalue weighted by molar-refractivity contribution is -0.119. The van der Waals surface area contributed by atoms with Crippen molar-refractivity contribution in [3.8, 4) is 0 Å². The molecule has 2 N–H and O–H groups in total. The van der Waals surface area contributed by atoms with Crippen molar-refractivity contribution in [1.82, 2.24) is 5.32 Å². The quantitative estimate of drug-likeness (QED) is 0.750. The van der Waals surface area contributed by atoms with Crippen LogP contribution in [0, 0.1) is 5.92 Å². The summed E-state index contributed by atoms with van der Waals surface area (Å²) in [4.78, 5) is 24.2. The molecule has 2 aromatic carbocycles. The Balaban J connectivity index is 2.00. The molecule has 0 aliphatic rings. The van der Waals surface area contributed by atoms with Crippen molar-refractivity contribution in [3.63, 3.8) is 0 Å². The molecule has 1 atom stereocenters. The molecule has 0 bridgehead atoms. The van der Waals surface area contributed by atoms with Crippen LogP contribution in [0.2, 0.25) is 10.0 Å². The SMILES string of the molecule is CCC(C)C(=O)Nc1cccc(CNC(=O)c2cc(Cl)cc(Cl)c2)c1. The summed E-state index contributed by atoms with van der Waals surface area (Å²) in [5, 5.41) is 6.52. The molecule has 0 aliphatic heterocycles. The van der Waals surface area contributed by atoms with Gasteiger partial charge in [-0.2, -0.15) is 0 Å². The molecule has 0 aliphatic carbocycles. The second kappa shape index (κ2) is 8.88. The predicted octanol–water partition coefficient (Wildman–Crippen LogP) is 4.91. The molecule has 0 saturated heterocycles. The molecule has 2 amide bonds. The third-order valence-electron chi connectivity index (χ3n) is 3.83. The molecule has 4 nitrogen and oxygen atoms in total. The number of benzene rings is 2. The van der Waals surface area contributed by atoms with Crippen LogP contribution in [0.15, 0.2) is 42.5 Å². The number of carbonyl (C=O) groups excluding carboxylic acids is 2. The van der Waals surface area contributed by atoms with Gasteiger partial charge in [0.05, 0.1) is 0 Å². The third kappa shape index (κ3) is 5.76. The van der Waals surface area contributed by atoms with Crippen LogP contribution in [-0.4, -0.2) is 11.8 Å². The summed E-state index contributed by atoms with van der Waals surface area (Å²) in [7, 11) is 0. The Morgan fingerprint density at radius 3 is 2.40 bits per heavy atom. The highest BCUT2D eigenvalue weighted by molar-refractivity contribution is 6.35. The summed E-state index contributed by atoms with van der Waals surface area (Å²) in [6.45, 7) is 4.18. The molecule has 132 valence electrons. The molecular weight excluding hydrogens is 359 g/mol. The largest absolute Gasteiger partial charge is 0.348 e. The first kappa shape index (κ1) is 19.3. The second-order valence-corrected chi connectivity index (χ2v) is 6.71. The van der Waals surface area contributed by atoms with Crippen molar-refractivity contribution in [2.24, 2.45) is 5.92 Å². The van der Waals surface area contributed by atoms with Crippen LogP contribution in [0.3, 0.4) is 0 Å². The summed E-state index contributed by atoms with van der Waals surface area (Å²) in [5.74, 6) is -0.327. The highest BCUT2D eigenvalue weighted by Gasteiger charge is 2.11. The van der Waals surface area contributed by atoms with Gasteiger partial charge < -0.3 is 10.6 Å². The van der Waals surface area contributed by atoms with Gasteiger partial charge in [-0.1, -0.05) is 49.2 Å². The average molecular weight is 379 g/mol. The van der Waals surface area contributed by atoms with E-state index in [0.29, 0.717) is 27.8 Å². The fraction of sp³-hybridized carbons (Fsp3) is 0.263. The van der Waals surface area contributed by atoms with E-state index in [1.807, 2.05) is 38.1 Å². The maximum Gasteiger partial charge on any atom is 0.251 e. The van der Waals surface area contributed by atoms with E-state index in [0.717, 1.165) is 12.0 Å². The summed E-state index contributed by atoms with van der Waals surface area (Å²) in [6, 6.07) is 12.1. The monoisotopic (exact) mass is 378 g/mol. The molecule has 0 spiro atoms. The lowest BCUT2D eigenvalue weighted by Crippen LogP contribution is -2.23. The van der Waals surface area contributed by atoms with Crippen molar-refractivity contribution < 1.29 is 9.59 Å². The van der Waals surface area contributed by atoms with E-state index < -0.39 is 0 Å². The summed E-state index contributed by atoms with van der Waals surface area (Å²) in [5.41, 5.74) is 1.99. The Labute approximate surface area is 157 Å². The zero-order chi connectivity index (χ0) is 18.4. The zero-order valence-electron chi connectivity index (χ0n) is 14.1. The van der Waals surface area contributed by atoms with E-state index in [9.17, 15) is 9.59 Å². The van der Waals surface area contributed by atoms with Crippen molar-refractivity contribution in [3.05, 3.63) is 63.6 Å². The van der Waals surface area contributed by atoms with E-state index in [4.69, 9.17) is 23.2 Å². The fourth-order valence-electron chi connectivity index (χ4n) is 2.18. The number of halogens is 2. The van der Waals surface area contributed by atoms with Crippen LogP contribution in [0.5, 0.6) is 0 Å². The Bertz CT molecular complexity index is 758. The molecule has 0 aromatic heterocycles. The molecule has 0 saturated carbocycles. The number of anilines is 1. The zero-order valence-corrected chi connectivity index (χ0v) is 15.6. The summed E-state index contributed by atoms with van der Waals surface area (Å²) >= 11 is 11.8. The molecule has 6 heteroatoms. The van der Waals surface area contributed by atoms with E-state index in [1.165, 1.54) is 0 Å². The second-order valence-electron chi connectivity index (χ2n) is 5.84. The highest BCUT2D eigenvalue weighted by Crippen LogP contribution is 2.19. The van der Waals surface area contributed by atoms with Crippen LogP contribution in [0.25, 0.3) is 0 Å². The van der Waals surface area contributed by atoms with Gasteiger partial charge in [-0.05, 0) is 42.3 Å². The highest BCUT2D eigenvalue weighted by atomic mass is 35.5. The number of hydrogen-bond donors (Lipinski definition) is 2. The molecule has 2 aromatic rings. The number of carbonyl (C=O) groups is 2. The normalized spacial score (nSPS) is 11.7. The minimum Gasteiger partial charge on any atom is -0.348 e. The minimum absolute atomic E-state index is 0.0164. The Morgan fingerprint density at radius 2 is 1.76 bits per heavy atom. The topological polar surface area (TPSA) is 58.2 Å². The van der Waals surface area contributed by atoms with Gasteiger partial charge >= 0.3 is 0 Å². The van der Waals surface area contributed by atoms with E-state index in [1.54, 1.807) is 18.2 Å². The van der Waals surface area contributed by atoms with Gasteiger partial charge in [0.25, 0.3) is 5.91 Å². The molecule has 0 radical (unpaired) electrons. The van der Waals surface area contributed by atoms with Gasteiger partial charge in [-0.15, -0.1) is 0 Å². The maximum atomic E-state index is 12.2. The molecular formula is C19H20Cl2N2O2. The van der Waals surface area contributed by atoms with Crippen molar-refractivity contribution in [2.45, 2.75) is 26.8 Å². The lowest BCUT2D eigenvalue weighted by Gasteiger charge is -2.11. The summed E-state index contributed by atoms with van der Waals surface area (Å²) in [6.07, 6.45) is 0.782. The number of nitrogens with one attached hydrogen (secondary N) is 2. The minimum atomic E-state index is -0.265. The van der Waals surface area contributed by atoms with Gasteiger partial charge in [-0.3, -0.25) is 9.59 Å². The number of hydrogen-bond acceptors (Lipinski definition) is 2. The summed E-state index contributed by atoms with van der Waals surface area (Å²) < 4.78 is 0. The maximum absolute atomic E-state index is 12.2. The van der Waals surface area contributed by atoms with Crippen molar-refractivity contribution in [2.75, 3.05) is 5.32 Å². The van der Waals surface area contributed by atoms with E-state index in [2.05, 4.69) is 10.6 Å². The van der Waals surface area contributed by atoms with E-state index >= 15 is 0 Å². The molecule has 0 heterocycles. The van der Waals surface area contributed by atoms with Gasteiger partial charge in [0.15, 0.2) is 0 Å². The smallest absolute Gasteiger partial charge is 0.251 e. The number of amides is 2. The molecule has 0 fully saturated rings. The Hall–Kier alpha value is -2.04. The molecule has 25 heavy (non-hydrogen) atoms. The van der Waals surface area contributed by atoms with Crippen molar-refractivity contribution >= 4 is 40.7 Å². The van der Waals surface area contributed by atoms with Gasteiger partial charge in [0.2, 0.25) is 5.91 Å². The fourth-order valence-corrected chi connectivity index (χ4v) is 2.71.